The Morgan fingerprint density at radius 2 is 1.00 bits per heavy atom. The second kappa shape index (κ2) is 10.2. The van der Waals surface area contributed by atoms with E-state index >= 15 is 0 Å². The van der Waals surface area contributed by atoms with E-state index in [9.17, 15) is 17.6 Å². The fourth-order valence-electron chi connectivity index (χ4n) is 5.38. The van der Waals surface area contributed by atoms with Crippen LogP contribution in [-0.2, 0) is 0 Å². The van der Waals surface area contributed by atoms with E-state index in [1.807, 2.05) is 59.5 Å². The van der Waals surface area contributed by atoms with E-state index in [2.05, 4.69) is 0 Å². The third kappa shape index (κ3) is 4.67. The van der Waals surface area contributed by atoms with Crippen LogP contribution < -0.4 is 4.90 Å². The Labute approximate surface area is 238 Å². The van der Waals surface area contributed by atoms with Gasteiger partial charge in [-0.2, -0.15) is 0 Å². The molecule has 1 heterocycles. The maximum atomic E-state index is 14.4. The predicted octanol–water partition coefficient (Wildman–Crippen LogP) is 10.9. The molecule has 0 fully saturated rings. The molecule has 7 rings (SSSR count). The monoisotopic (exact) mass is 559 g/mol. The number of fused-ring (bicyclic) bond motifs is 3. The van der Waals surface area contributed by atoms with Crippen LogP contribution in [0.15, 0.2) is 132 Å². The first-order valence-corrected chi connectivity index (χ1v) is 13.3. The third-order valence-electron chi connectivity index (χ3n) is 7.26. The lowest BCUT2D eigenvalue weighted by Gasteiger charge is -2.27. The van der Waals surface area contributed by atoms with Gasteiger partial charge in [0.05, 0.1) is 0 Å². The molecule has 0 unspecified atom stereocenters. The van der Waals surface area contributed by atoms with Gasteiger partial charge in [-0.1, -0.05) is 36.4 Å². The topological polar surface area (TPSA) is 16.4 Å². The van der Waals surface area contributed by atoms with Crippen LogP contribution in [0.25, 0.3) is 44.2 Å². The highest BCUT2D eigenvalue weighted by atomic mass is 19.1. The van der Waals surface area contributed by atoms with Gasteiger partial charge >= 0.3 is 0 Å². The molecule has 6 aromatic carbocycles. The van der Waals surface area contributed by atoms with E-state index in [0.717, 1.165) is 33.5 Å². The summed E-state index contributed by atoms with van der Waals surface area (Å²) in [6.45, 7) is 0. The molecular weight excluding hydrogens is 538 g/mol. The Balaban J connectivity index is 1.52. The van der Waals surface area contributed by atoms with Crippen LogP contribution in [0.4, 0.5) is 34.6 Å². The van der Waals surface area contributed by atoms with Gasteiger partial charge in [0.1, 0.15) is 34.4 Å². The van der Waals surface area contributed by atoms with Crippen molar-refractivity contribution in [3.05, 3.63) is 151 Å². The predicted molar refractivity (Wildman–Crippen MR) is 159 cm³/mol. The molecule has 0 atom stereocenters. The zero-order valence-corrected chi connectivity index (χ0v) is 22.0. The Kier molecular flexibility index (Phi) is 6.24. The maximum Gasteiger partial charge on any atom is 0.143 e. The molecule has 0 saturated carbocycles. The molecule has 0 spiro atoms. The molecule has 0 aliphatic rings. The molecule has 1 aromatic heterocycles. The highest BCUT2D eigenvalue weighted by Crippen LogP contribution is 2.42. The minimum Gasteiger partial charge on any atom is -0.455 e. The summed E-state index contributed by atoms with van der Waals surface area (Å²) in [5.74, 6) is -2.21. The molecule has 0 radical (unpaired) electrons. The summed E-state index contributed by atoms with van der Waals surface area (Å²) in [5, 5.41) is 1.90. The number of para-hydroxylation sites is 2. The molecule has 0 saturated heterocycles. The van der Waals surface area contributed by atoms with Crippen molar-refractivity contribution < 1.29 is 22.0 Å². The summed E-state index contributed by atoms with van der Waals surface area (Å²) in [7, 11) is 0. The fraction of sp³-hybridized carbons (Fsp3) is 0. The van der Waals surface area contributed by atoms with E-state index in [-0.39, 0.29) is 0 Å². The van der Waals surface area contributed by atoms with E-state index in [1.54, 1.807) is 30.3 Å². The number of nitrogens with zero attached hydrogens (tertiary/aromatic N) is 1. The molecule has 0 aliphatic heterocycles. The summed E-state index contributed by atoms with van der Waals surface area (Å²) < 4.78 is 63.0. The SMILES string of the molecule is Fc1ccc(N(c2ccc(F)cc2)c2cc(-c3cc(F)cc(F)c3)cc(-c3cccc4c3oc3ccccc34)c2)cc1. The third-order valence-corrected chi connectivity index (χ3v) is 7.26. The van der Waals surface area contributed by atoms with E-state index in [1.165, 1.54) is 36.4 Å². The summed E-state index contributed by atoms with van der Waals surface area (Å²) >= 11 is 0. The zero-order valence-electron chi connectivity index (χ0n) is 22.0. The fourth-order valence-corrected chi connectivity index (χ4v) is 5.38. The lowest BCUT2D eigenvalue weighted by Crippen LogP contribution is -2.10. The minimum absolute atomic E-state index is 0.338. The molecule has 0 amide bonds. The number of hydrogen-bond donors (Lipinski definition) is 0. The van der Waals surface area contributed by atoms with Crippen molar-refractivity contribution >= 4 is 39.0 Å². The standard InChI is InChI=1S/C36H21F4NO/c37-25-8-12-29(13-9-25)41(30-14-10-26(38)11-15-30)31-19-22(23-17-27(39)21-28(40)18-23)16-24(20-31)32-5-3-6-34-33-4-1-2-7-35(33)42-36(32)34/h1-21H. The van der Waals surface area contributed by atoms with Crippen LogP contribution in [0.3, 0.4) is 0 Å². The average Bonchev–Trinajstić information content (AvgIpc) is 3.38. The Morgan fingerprint density at radius 3 is 1.67 bits per heavy atom. The maximum absolute atomic E-state index is 14.4. The van der Waals surface area contributed by atoms with Gasteiger partial charge in [0, 0.05) is 39.5 Å². The quantitative estimate of drug-likeness (QED) is 0.195. The minimum atomic E-state index is -0.703. The van der Waals surface area contributed by atoms with Gasteiger partial charge in [-0.25, -0.2) is 17.6 Å². The normalized spacial score (nSPS) is 11.3. The van der Waals surface area contributed by atoms with Gasteiger partial charge in [0.25, 0.3) is 0 Å². The van der Waals surface area contributed by atoms with Crippen molar-refractivity contribution in [2.24, 2.45) is 0 Å². The average molecular weight is 560 g/mol. The van der Waals surface area contributed by atoms with Crippen LogP contribution in [0.5, 0.6) is 0 Å². The van der Waals surface area contributed by atoms with Crippen molar-refractivity contribution in [3.63, 3.8) is 0 Å². The second-order valence-electron chi connectivity index (χ2n) is 10.00. The summed E-state index contributed by atoms with van der Waals surface area (Å²) in [6.07, 6.45) is 0. The van der Waals surface area contributed by atoms with Crippen LogP contribution in [-0.4, -0.2) is 0 Å². The Morgan fingerprint density at radius 1 is 0.429 bits per heavy atom. The van der Waals surface area contributed by atoms with Crippen molar-refractivity contribution in [1.29, 1.82) is 0 Å². The first-order chi connectivity index (χ1) is 20.4. The van der Waals surface area contributed by atoms with Crippen molar-refractivity contribution in [3.8, 4) is 22.3 Å². The van der Waals surface area contributed by atoms with Crippen LogP contribution in [0.1, 0.15) is 0 Å². The smallest absolute Gasteiger partial charge is 0.143 e. The molecule has 0 N–H and O–H groups in total. The highest BCUT2D eigenvalue weighted by Gasteiger charge is 2.19. The van der Waals surface area contributed by atoms with Crippen LogP contribution in [0.2, 0.25) is 0 Å². The molecule has 7 aromatic rings. The largest absolute Gasteiger partial charge is 0.455 e. The summed E-state index contributed by atoms with van der Waals surface area (Å²) in [6, 6.07) is 34.4. The van der Waals surface area contributed by atoms with E-state index in [0.29, 0.717) is 33.8 Å². The number of anilines is 3. The summed E-state index contributed by atoms with van der Waals surface area (Å²) in [5.41, 5.74) is 5.63. The van der Waals surface area contributed by atoms with Gasteiger partial charge in [-0.3, -0.25) is 0 Å². The zero-order chi connectivity index (χ0) is 28.8. The Bertz CT molecular complexity index is 2020. The van der Waals surface area contributed by atoms with Gasteiger partial charge in [-0.15, -0.1) is 0 Å². The number of hydrogen-bond acceptors (Lipinski definition) is 2. The first kappa shape index (κ1) is 25.6. The first-order valence-electron chi connectivity index (χ1n) is 13.3. The number of benzene rings is 6. The summed E-state index contributed by atoms with van der Waals surface area (Å²) in [4.78, 5) is 1.83. The molecule has 204 valence electrons. The van der Waals surface area contributed by atoms with Crippen LogP contribution >= 0.6 is 0 Å². The molecule has 0 aliphatic carbocycles. The van der Waals surface area contributed by atoms with E-state index < -0.39 is 23.3 Å². The highest BCUT2D eigenvalue weighted by molar-refractivity contribution is 6.09. The molecule has 2 nitrogen and oxygen atoms in total. The second-order valence-corrected chi connectivity index (χ2v) is 10.00. The van der Waals surface area contributed by atoms with E-state index in [4.69, 9.17) is 4.42 Å². The van der Waals surface area contributed by atoms with Crippen LogP contribution in [0, 0.1) is 23.3 Å². The van der Waals surface area contributed by atoms with Gasteiger partial charge < -0.3 is 9.32 Å². The molecule has 0 bridgehead atoms. The lowest BCUT2D eigenvalue weighted by molar-refractivity contribution is 0.584. The lowest BCUT2D eigenvalue weighted by atomic mass is 9.96. The van der Waals surface area contributed by atoms with Gasteiger partial charge in [0.2, 0.25) is 0 Å². The molecule has 42 heavy (non-hydrogen) atoms. The number of furan rings is 1. The number of rotatable bonds is 5. The van der Waals surface area contributed by atoms with Gasteiger partial charge in [-0.05, 0) is 102 Å². The Hall–Kier alpha value is -5.36. The molecular formula is C36H21F4NO. The number of halogens is 4. The van der Waals surface area contributed by atoms with Crippen molar-refractivity contribution in [2.75, 3.05) is 4.90 Å². The molecule has 6 heteroatoms. The van der Waals surface area contributed by atoms with Crippen molar-refractivity contribution in [2.45, 2.75) is 0 Å². The van der Waals surface area contributed by atoms with Crippen molar-refractivity contribution in [1.82, 2.24) is 0 Å². The van der Waals surface area contributed by atoms with Gasteiger partial charge in [0.15, 0.2) is 0 Å².